The summed E-state index contributed by atoms with van der Waals surface area (Å²) in [4.78, 5) is 48.0. The molecule has 9 nitrogen and oxygen atoms in total. The molecule has 0 aliphatic rings. The van der Waals surface area contributed by atoms with Crippen LogP contribution in [0.15, 0.2) is 42.5 Å². The number of methoxy groups -OCH3 is 1. The van der Waals surface area contributed by atoms with E-state index < -0.39 is 17.9 Å². The number of amides is 3. The van der Waals surface area contributed by atoms with E-state index >= 15 is 0 Å². The summed E-state index contributed by atoms with van der Waals surface area (Å²) in [5.41, 5.74) is 2.01. The summed E-state index contributed by atoms with van der Waals surface area (Å²) in [6.07, 6.45) is 8.63. The van der Waals surface area contributed by atoms with Crippen molar-refractivity contribution in [2.75, 3.05) is 19.0 Å². The van der Waals surface area contributed by atoms with Crippen LogP contribution in [0.1, 0.15) is 85.6 Å². The number of carbonyl (C=O) groups excluding carboxylic acids is 4. The van der Waals surface area contributed by atoms with Gasteiger partial charge in [-0.25, -0.2) is 0 Å². The Hall–Kier alpha value is -3.46. The van der Waals surface area contributed by atoms with Crippen molar-refractivity contribution in [1.29, 1.82) is 0 Å². The molecule has 1 aromatic carbocycles. The number of ether oxygens (including phenoxy) is 1. The number of rotatable bonds is 17. The number of nitrogens with one attached hydrogen (secondary N) is 3. The first-order valence-electron chi connectivity index (χ1n) is 14.4. The maximum Gasteiger partial charge on any atom is 0.243 e. The van der Waals surface area contributed by atoms with E-state index in [1.807, 2.05) is 34.6 Å². The van der Waals surface area contributed by atoms with Gasteiger partial charge in [-0.2, -0.15) is 0 Å². The van der Waals surface area contributed by atoms with E-state index in [4.69, 9.17) is 4.74 Å². The average molecular weight is 574 g/mol. The Labute approximate surface area is 246 Å². The Morgan fingerprint density at radius 3 is 2.24 bits per heavy atom. The molecular formula is C32H51N3O6. The van der Waals surface area contributed by atoms with Gasteiger partial charge < -0.3 is 25.8 Å². The van der Waals surface area contributed by atoms with Crippen molar-refractivity contribution in [2.45, 2.75) is 92.7 Å². The molecule has 0 aliphatic heterocycles. The quantitative estimate of drug-likeness (QED) is 0.117. The van der Waals surface area contributed by atoms with Gasteiger partial charge in [0.15, 0.2) is 5.78 Å². The van der Waals surface area contributed by atoms with Gasteiger partial charge in [0.1, 0.15) is 11.8 Å². The lowest BCUT2D eigenvalue weighted by Gasteiger charge is -2.21. The van der Waals surface area contributed by atoms with E-state index in [1.54, 1.807) is 30.4 Å². The second kappa shape index (κ2) is 21.3. The highest BCUT2D eigenvalue weighted by atomic mass is 16.5. The van der Waals surface area contributed by atoms with Gasteiger partial charge in [-0.1, -0.05) is 78.2 Å². The normalized spacial score (nSPS) is 12.1. The standard InChI is InChI=1S/C22H35N3O5.C10H16O/c1-5-6-7-8-9-19(27)25-21(15(2)3)22(29)23-13-20(28)24-17-11-10-16(14-26)12-18(17)30-4;1-5-9(4)10(11)7-6-8(2)3/h10-12,15,21,26H,5-9,13-14H2,1-4H3,(H,23,29)(H,24,28)(H,25,27);6-7,9H,2,5H2,1,3-4H3/b;7-6-. The fourth-order valence-corrected chi connectivity index (χ4v) is 3.49. The molecule has 0 fully saturated rings. The fraction of sp³-hybridized carbons (Fsp3) is 0.562. The third-order valence-corrected chi connectivity index (χ3v) is 6.30. The second-order valence-corrected chi connectivity index (χ2v) is 10.4. The van der Waals surface area contributed by atoms with Crippen LogP contribution in [0.2, 0.25) is 0 Å². The molecule has 230 valence electrons. The summed E-state index contributed by atoms with van der Waals surface area (Å²) >= 11 is 0. The highest BCUT2D eigenvalue weighted by Gasteiger charge is 2.24. The molecular weight excluding hydrogens is 522 g/mol. The highest BCUT2D eigenvalue weighted by Crippen LogP contribution is 2.25. The number of anilines is 1. The SMILES string of the molecule is C=C(C)/C=C\C(=O)C(C)CC.CCCCCCC(=O)NC(C(=O)NCC(=O)Nc1ccc(CO)cc1OC)C(C)C. The van der Waals surface area contributed by atoms with E-state index in [1.165, 1.54) is 7.11 Å². The molecule has 0 radical (unpaired) electrons. The Bertz CT molecular complexity index is 1020. The van der Waals surface area contributed by atoms with Crippen molar-refractivity contribution < 1.29 is 29.0 Å². The minimum atomic E-state index is -0.699. The van der Waals surface area contributed by atoms with Crippen molar-refractivity contribution >= 4 is 29.2 Å². The van der Waals surface area contributed by atoms with E-state index in [-0.39, 0.29) is 36.7 Å². The molecule has 1 aromatic rings. The van der Waals surface area contributed by atoms with Crippen molar-refractivity contribution in [2.24, 2.45) is 11.8 Å². The zero-order valence-electron chi connectivity index (χ0n) is 26.0. The lowest BCUT2D eigenvalue weighted by atomic mass is 10.0. The molecule has 0 saturated heterocycles. The lowest BCUT2D eigenvalue weighted by molar-refractivity contribution is -0.130. The number of allylic oxidation sites excluding steroid dienone is 3. The van der Waals surface area contributed by atoms with Crippen LogP contribution in [0, 0.1) is 11.8 Å². The van der Waals surface area contributed by atoms with Crippen LogP contribution in [0.4, 0.5) is 5.69 Å². The fourth-order valence-electron chi connectivity index (χ4n) is 3.49. The van der Waals surface area contributed by atoms with Crippen molar-refractivity contribution in [1.82, 2.24) is 10.6 Å². The molecule has 2 atom stereocenters. The molecule has 0 heterocycles. The van der Waals surface area contributed by atoms with Crippen LogP contribution in [-0.2, 0) is 25.8 Å². The lowest BCUT2D eigenvalue weighted by Crippen LogP contribution is -2.51. The third kappa shape index (κ3) is 16.4. The van der Waals surface area contributed by atoms with Gasteiger partial charge in [0, 0.05) is 12.3 Å². The Morgan fingerprint density at radius 1 is 1.02 bits per heavy atom. The first-order chi connectivity index (χ1) is 19.4. The number of benzene rings is 1. The highest BCUT2D eigenvalue weighted by molar-refractivity contribution is 5.97. The average Bonchev–Trinajstić information content (AvgIpc) is 2.95. The summed E-state index contributed by atoms with van der Waals surface area (Å²) in [5.74, 6) is -0.342. The molecule has 0 bridgehead atoms. The largest absolute Gasteiger partial charge is 0.495 e. The zero-order valence-corrected chi connectivity index (χ0v) is 26.0. The van der Waals surface area contributed by atoms with Gasteiger partial charge in [-0.3, -0.25) is 19.2 Å². The van der Waals surface area contributed by atoms with E-state index in [2.05, 4.69) is 29.5 Å². The van der Waals surface area contributed by atoms with Gasteiger partial charge in [-0.05, 0) is 49.5 Å². The second-order valence-electron chi connectivity index (χ2n) is 10.4. The van der Waals surface area contributed by atoms with Crippen molar-refractivity contribution in [3.05, 3.63) is 48.1 Å². The predicted molar refractivity (Wildman–Crippen MR) is 164 cm³/mol. The number of aliphatic hydroxyl groups excluding tert-OH is 1. The molecule has 3 amide bonds. The van der Waals surface area contributed by atoms with Crippen LogP contribution in [0.25, 0.3) is 0 Å². The number of carbonyl (C=O) groups is 4. The Balaban J connectivity index is 0.00000122. The third-order valence-electron chi connectivity index (χ3n) is 6.30. The number of aliphatic hydroxyl groups is 1. The smallest absolute Gasteiger partial charge is 0.243 e. The number of hydrogen-bond donors (Lipinski definition) is 4. The Morgan fingerprint density at radius 2 is 1.71 bits per heavy atom. The molecule has 4 N–H and O–H groups in total. The van der Waals surface area contributed by atoms with Crippen LogP contribution in [0.5, 0.6) is 5.75 Å². The summed E-state index contributed by atoms with van der Waals surface area (Å²) in [6.45, 7) is 14.9. The number of ketones is 1. The first kappa shape index (κ1) is 37.5. The summed E-state index contributed by atoms with van der Waals surface area (Å²) in [7, 11) is 1.46. The summed E-state index contributed by atoms with van der Waals surface area (Å²) in [5, 5.41) is 17.2. The molecule has 0 aliphatic carbocycles. The maximum absolute atomic E-state index is 12.5. The van der Waals surface area contributed by atoms with Crippen LogP contribution < -0.4 is 20.7 Å². The van der Waals surface area contributed by atoms with E-state index in [9.17, 15) is 24.3 Å². The predicted octanol–water partition coefficient (Wildman–Crippen LogP) is 5.09. The van der Waals surface area contributed by atoms with Crippen LogP contribution in [-0.4, -0.2) is 48.3 Å². The monoisotopic (exact) mass is 573 g/mol. The molecule has 2 unspecified atom stereocenters. The van der Waals surface area contributed by atoms with Crippen LogP contribution in [0.3, 0.4) is 0 Å². The van der Waals surface area contributed by atoms with Crippen LogP contribution >= 0.6 is 0 Å². The first-order valence-corrected chi connectivity index (χ1v) is 14.4. The molecule has 0 saturated carbocycles. The van der Waals surface area contributed by atoms with Gasteiger partial charge in [0.05, 0.1) is 25.9 Å². The van der Waals surface area contributed by atoms with E-state index in [0.29, 0.717) is 23.4 Å². The minimum absolute atomic E-state index is 0.112. The zero-order chi connectivity index (χ0) is 31.4. The molecule has 9 heteroatoms. The molecule has 0 spiro atoms. The number of hydrogen-bond acceptors (Lipinski definition) is 6. The Kier molecular flexibility index (Phi) is 19.5. The van der Waals surface area contributed by atoms with Gasteiger partial charge in [0.25, 0.3) is 0 Å². The minimum Gasteiger partial charge on any atom is -0.495 e. The van der Waals surface area contributed by atoms with Gasteiger partial charge >= 0.3 is 0 Å². The van der Waals surface area contributed by atoms with Gasteiger partial charge in [0.2, 0.25) is 17.7 Å². The maximum atomic E-state index is 12.5. The molecule has 0 aromatic heterocycles. The topological polar surface area (TPSA) is 134 Å². The molecule has 1 rings (SSSR count). The summed E-state index contributed by atoms with van der Waals surface area (Å²) < 4.78 is 5.21. The molecule has 41 heavy (non-hydrogen) atoms. The number of unbranched alkanes of at least 4 members (excludes halogenated alkanes) is 3. The van der Waals surface area contributed by atoms with Crippen molar-refractivity contribution in [3.8, 4) is 5.75 Å². The van der Waals surface area contributed by atoms with Crippen molar-refractivity contribution in [3.63, 3.8) is 0 Å². The van der Waals surface area contributed by atoms with E-state index in [0.717, 1.165) is 37.7 Å². The summed E-state index contributed by atoms with van der Waals surface area (Å²) in [6, 6.07) is 4.22. The van der Waals surface area contributed by atoms with Gasteiger partial charge in [-0.15, -0.1) is 0 Å².